The van der Waals surface area contributed by atoms with E-state index in [9.17, 15) is 14.3 Å². The van der Waals surface area contributed by atoms with E-state index in [1.165, 1.54) is 6.07 Å². The summed E-state index contributed by atoms with van der Waals surface area (Å²) in [5, 5.41) is 10.0. The maximum Gasteiger partial charge on any atom is 0.327 e. The monoisotopic (exact) mass is 429 g/mol. The number of benzene rings is 3. The summed E-state index contributed by atoms with van der Waals surface area (Å²) in [4.78, 5) is 12.2. The number of ether oxygens (including phenoxy) is 1. The van der Waals surface area contributed by atoms with E-state index < -0.39 is 12.0 Å². The first-order valence-electron chi connectivity index (χ1n) is 10.4. The predicted octanol–water partition coefficient (Wildman–Crippen LogP) is 6.05. The normalized spacial score (nSPS) is 11.8. The van der Waals surface area contributed by atoms with Crippen LogP contribution in [-0.4, -0.2) is 15.6 Å². The fourth-order valence-corrected chi connectivity index (χ4v) is 3.82. The van der Waals surface area contributed by atoms with Crippen LogP contribution in [0.25, 0.3) is 11.3 Å². The van der Waals surface area contributed by atoms with Gasteiger partial charge < -0.3 is 14.4 Å². The molecule has 0 aliphatic rings. The number of nitrogens with zero attached hydrogens (tertiary/aromatic N) is 1. The molecular weight excluding hydrogens is 405 g/mol. The Hall–Kier alpha value is -3.86. The van der Waals surface area contributed by atoms with Gasteiger partial charge in [0.25, 0.3) is 0 Å². The Balaban J connectivity index is 1.52. The zero-order chi connectivity index (χ0) is 22.5. The van der Waals surface area contributed by atoms with Crippen LogP contribution < -0.4 is 4.74 Å². The van der Waals surface area contributed by atoms with Crippen molar-refractivity contribution in [1.29, 1.82) is 0 Å². The number of carboxylic acid groups (broad SMARTS) is 1. The first-order valence-corrected chi connectivity index (χ1v) is 10.4. The number of aromatic nitrogens is 1. The molecule has 1 N–H and O–H groups in total. The quantitative estimate of drug-likeness (QED) is 0.371. The lowest BCUT2D eigenvalue weighted by molar-refractivity contribution is -0.140. The number of hydrogen-bond donors (Lipinski definition) is 1. The van der Waals surface area contributed by atoms with Crippen molar-refractivity contribution < 1.29 is 19.0 Å². The summed E-state index contributed by atoms with van der Waals surface area (Å²) in [6.07, 6.45) is 0.332. The molecule has 1 unspecified atom stereocenters. The van der Waals surface area contributed by atoms with E-state index in [1.54, 1.807) is 30.3 Å². The van der Waals surface area contributed by atoms with Crippen LogP contribution in [0.5, 0.6) is 5.75 Å². The summed E-state index contributed by atoms with van der Waals surface area (Å²) in [6, 6.07) is 26.7. The molecule has 0 spiro atoms. The van der Waals surface area contributed by atoms with Crippen LogP contribution in [0.4, 0.5) is 4.39 Å². The standard InChI is InChI=1S/C27H24FNO3/c1-19-11-16-25(21-7-3-2-4-8-21)29(19)26(27(30)31)17-20-12-14-23(15-13-20)32-18-22-9-5-6-10-24(22)28/h2-16,26H,17-18H2,1H3,(H,30,31). The molecule has 1 aromatic heterocycles. The fraction of sp³-hybridized carbons (Fsp3) is 0.148. The Labute approximate surface area is 186 Å². The van der Waals surface area contributed by atoms with Gasteiger partial charge in [-0.1, -0.05) is 60.7 Å². The highest BCUT2D eigenvalue weighted by Crippen LogP contribution is 2.29. The van der Waals surface area contributed by atoms with E-state index in [1.807, 2.05) is 66.1 Å². The molecule has 0 radical (unpaired) electrons. The summed E-state index contributed by atoms with van der Waals surface area (Å²) in [5.41, 5.74) is 4.10. The summed E-state index contributed by atoms with van der Waals surface area (Å²) in [5.74, 6) is -0.586. The molecule has 32 heavy (non-hydrogen) atoms. The SMILES string of the molecule is Cc1ccc(-c2ccccc2)n1C(Cc1ccc(OCc2ccccc2F)cc1)C(=O)O. The maximum atomic E-state index is 13.8. The molecule has 3 aromatic carbocycles. The minimum atomic E-state index is -0.888. The number of aryl methyl sites for hydroxylation is 1. The van der Waals surface area contributed by atoms with Crippen molar-refractivity contribution in [1.82, 2.24) is 4.57 Å². The minimum Gasteiger partial charge on any atom is -0.489 e. The Morgan fingerprint density at radius 1 is 0.938 bits per heavy atom. The summed E-state index contributed by atoms with van der Waals surface area (Å²) >= 11 is 0. The van der Waals surface area contributed by atoms with E-state index in [4.69, 9.17) is 4.74 Å². The third kappa shape index (κ3) is 4.72. The van der Waals surface area contributed by atoms with Gasteiger partial charge in [0.1, 0.15) is 24.2 Å². The van der Waals surface area contributed by atoms with E-state index in [0.29, 0.717) is 17.7 Å². The average Bonchev–Trinajstić information content (AvgIpc) is 3.19. The number of rotatable bonds is 8. The zero-order valence-corrected chi connectivity index (χ0v) is 17.7. The first-order chi connectivity index (χ1) is 15.5. The van der Waals surface area contributed by atoms with E-state index in [-0.39, 0.29) is 12.4 Å². The molecule has 4 nitrogen and oxygen atoms in total. The van der Waals surface area contributed by atoms with Crippen LogP contribution in [0.15, 0.2) is 91.0 Å². The van der Waals surface area contributed by atoms with Crippen molar-refractivity contribution in [2.24, 2.45) is 0 Å². The highest BCUT2D eigenvalue weighted by molar-refractivity contribution is 5.75. The van der Waals surface area contributed by atoms with Gasteiger partial charge in [-0.15, -0.1) is 0 Å². The van der Waals surface area contributed by atoms with Crippen molar-refractivity contribution in [3.8, 4) is 17.0 Å². The number of halogens is 1. The van der Waals surface area contributed by atoms with Gasteiger partial charge in [0.05, 0.1) is 0 Å². The highest BCUT2D eigenvalue weighted by Gasteiger charge is 2.24. The van der Waals surface area contributed by atoms with E-state index in [2.05, 4.69) is 0 Å². The van der Waals surface area contributed by atoms with Crippen molar-refractivity contribution in [2.75, 3.05) is 0 Å². The van der Waals surface area contributed by atoms with Gasteiger partial charge in [0.15, 0.2) is 0 Å². The first kappa shape index (κ1) is 21.4. The largest absolute Gasteiger partial charge is 0.489 e. The molecule has 0 saturated carbocycles. The lowest BCUT2D eigenvalue weighted by Gasteiger charge is -2.20. The molecular formula is C27H24FNO3. The zero-order valence-electron chi connectivity index (χ0n) is 17.7. The number of aliphatic carboxylic acids is 1. The van der Waals surface area contributed by atoms with E-state index >= 15 is 0 Å². The summed E-state index contributed by atoms with van der Waals surface area (Å²) in [6.45, 7) is 2.05. The Morgan fingerprint density at radius 2 is 1.62 bits per heavy atom. The topological polar surface area (TPSA) is 51.5 Å². The highest BCUT2D eigenvalue weighted by atomic mass is 19.1. The third-order valence-electron chi connectivity index (χ3n) is 5.49. The molecule has 1 heterocycles. The second kappa shape index (κ2) is 9.52. The van der Waals surface area contributed by atoms with E-state index in [0.717, 1.165) is 22.5 Å². The Bertz CT molecular complexity index is 1200. The number of carbonyl (C=O) groups is 1. The summed E-state index contributed by atoms with van der Waals surface area (Å²) < 4.78 is 21.3. The number of hydrogen-bond acceptors (Lipinski definition) is 2. The van der Waals surface area contributed by atoms with Gasteiger partial charge in [-0.3, -0.25) is 0 Å². The predicted molar refractivity (Wildman–Crippen MR) is 122 cm³/mol. The number of carboxylic acids is 1. The molecule has 0 aliphatic carbocycles. The van der Waals surface area contributed by atoms with Crippen LogP contribution >= 0.6 is 0 Å². The third-order valence-corrected chi connectivity index (χ3v) is 5.49. The van der Waals surface area contributed by atoms with Gasteiger partial charge in [-0.05, 0) is 48.4 Å². The van der Waals surface area contributed by atoms with Crippen molar-refractivity contribution in [3.63, 3.8) is 0 Å². The van der Waals surface area contributed by atoms with Crippen LogP contribution in [0, 0.1) is 12.7 Å². The second-order valence-corrected chi connectivity index (χ2v) is 7.68. The molecule has 0 bridgehead atoms. The lowest BCUT2D eigenvalue weighted by Crippen LogP contribution is -2.23. The molecule has 1 atom stereocenters. The van der Waals surface area contributed by atoms with Gasteiger partial charge in [-0.2, -0.15) is 0 Å². The van der Waals surface area contributed by atoms with Gasteiger partial charge in [0.2, 0.25) is 0 Å². The Morgan fingerprint density at radius 3 is 2.31 bits per heavy atom. The van der Waals surface area contributed by atoms with Crippen LogP contribution in [0.2, 0.25) is 0 Å². The van der Waals surface area contributed by atoms with Crippen LogP contribution in [0.3, 0.4) is 0 Å². The lowest BCUT2D eigenvalue weighted by atomic mass is 10.0. The fourth-order valence-electron chi connectivity index (χ4n) is 3.82. The van der Waals surface area contributed by atoms with Crippen molar-refractivity contribution in [2.45, 2.75) is 26.0 Å². The minimum absolute atomic E-state index is 0.132. The molecule has 162 valence electrons. The molecule has 5 heteroatoms. The molecule has 0 amide bonds. The van der Waals surface area contributed by atoms with Gasteiger partial charge in [-0.25, -0.2) is 9.18 Å². The maximum absolute atomic E-state index is 13.8. The summed E-state index contributed by atoms with van der Waals surface area (Å²) in [7, 11) is 0. The second-order valence-electron chi connectivity index (χ2n) is 7.68. The average molecular weight is 429 g/mol. The molecule has 0 saturated heterocycles. The van der Waals surface area contributed by atoms with Gasteiger partial charge >= 0.3 is 5.97 Å². The Kier molecular flexibility index (Phi) is 6.36. The smallest absolute Gasteiger partial charge is 0.327 e. The molecule has 0 aliphatic heterocycles. The van der Waals surface area contributed by atoms with Crippen molar-refractivity contribution in [3.05, 3.63) is 114 Å². The molecule has 4 aromatic rings. The van der Waals surface area contributed by atoms with Crippen molar-refractivity contribution >= 4 is 5.97 Å². The molecule has 0 fully saturated rings. The van der Waals surface area contributed by atoms with Crippen LogP contribution in [-0.2, 0) is 17.8 Å². The van der Waals surface area contributed by atoms with Gasteiger partial charge in [0, 0.05) is 23.4 Å². The molecule has 4 rings (SSSR count). The van der Waals surface area contributed by atoms with Crippen LogP contribution in [0.1, 0.15) is 22.9 Å².